The van der Waals surface area contributed by atoms with Gasteiger partial charge in [-0.3, -0.25) is 0 Å². The summed E-state index contributed by atoms with van der Waals surface area (Å²) in [7, 11) is 0. The molecule has 0 aliphatic rings. The van der Waals surface area contributed by atoms with Crippen molar-refractivity contribution >= 4 is 23.2 Å². The highest BCUT2D eigenvalue weighted by atomic mass is 35.5. The Bertz CT molecular complexity index is 602. The third kappa shape index (κ3) is 3.44. The second-order valence-corrected chi connectivity index (χ2v) is 5.33. The van der Waals surface area contributed by atoms with Gasteiger partial charge in [-0.1, -0.05) is 29.3 Å². The minimum absolute atomic E-state index is 0.419. The summed E-state index contributed by atoms with van der Waals surface area (Å²) in [5, 5.41) is 19.4. The van der Waals surface area contributed by atoms with Gasteiger partial charge in [-0.2, -0.15) is 10.2 Å². The van der Waals surface area contributed by atoms with Crippen LogP contribution in [0, 0.1) is 13.8 Å². The molecule has 2 rings (SSSR count). The van der Waals surface area contributed by atoms with Crippen LogP contribution in [0.3, 0.4) is 0 Å². The van der Waals surface area contributed by atoms with Gasteiger partial charge < -0.3 is 5.11 Å². The minimum atomic E-state index is -0.659. The van der Waals surface area contributed by atoms with Crippen molar-refractivity contribution in [2.45, 2.75) is 26.4 Å². The first-order valence-corrected chi connectivity index (χ1v) is 6.66. The third-order valence-corrected chi connectivity index (χ3v) is 3.51. The highest BCUT2D eigenvalue weighted by Gasteiger charge is 2.14. The molecule has 19 heavy (non-hydrogen) atoms. The van der Waals surface area contributed by atoms with Crippen LogP contribution in [0.1, 0.15) is 28.6 Å². The van der Waals surface area contributed by atoms with E-state index in [0.29, 0.717) is 16.5 Å². The van der Waals surface area contributed by atoms with E-state index in [1.165, 1.54) is 0 Å². The van der Waals surface area contributed by atoms with E-state index in [0.717, 1.165) is 22.5 Å². The van der Waals surface area contributed by atoms with Crippen molar-refractivity contribution < 1.29 is 5.11 Å². The predicted octanol–water partition coefficient (Wildman–Crippen LogP) is 3.68. The van der Waals surface area contributed by atoms with Crippen LogP contribution in [0.25, 0.3) is 0 Å². The lowest BCUT2D eigenvalue weighted by Gasteiger charge is -2.14. The van der Waals surface area contributed by atoms with E-state index < -0.39 is 6.10 Å². The molecule has 0 aliphatic heterocycles. The monoisotopic (exact) mass is 296 g/mol. The lowest BCUT2D eigenvalue weighted by atomic mass is 10.0. The maximum absolute atomic E-state index is 10.3. The van der Waals surface area contributed by atoms with E-state index >= 15 is 0 Å². The summed E-state index contributed by atoms with van der Waals surface area (Å²) >= 11 is 12.0. The molecule has 1 atom stereocenters. The summed E-state index contributed by atoms with van der Waals surface area (Å²) in [6.07, 6.45) is -0.241. The van der Waals surface area contributed by atoms with Gasteiger partial charge in [0.2, 0.25) is 0 Å². The van der Waals surface area contributed by atoms with Crippen LogP contribution < -0.4 is 0 Å². The number of halogens is 2. The Kier molecular flexibility index (Phi) is 4.40. The molecule has 100 valence electrons. The molecule has 2 aromatic rings. The van der Waals surface area contributed by atoms with Crippen molar-refractivity contribution in [3.05, 3.63) is 56.8 Å². The first-order chi connectivity index (χ1) is 8.97. The minimum Gasteiger partial charge on any atom is -0.388 e. The Morgan fingerprint density at radius 3 is 2.58 bits per heavy atom. The Labute approximate surface area is 122 Å². The zero-order valence-corrected chi connectivity index (χ0v) is 12.2. The molecule has 0 saturated heterocycles. The van der Waals surface area contributed by atoms with Crippen molar-refractivity contribution in [1.82, 2.24) is 10.2 Å². The van der Waals surface area contributed by atoms with E-state index in [2.05, 4.69) is 10.2 Å². The number of aliphatic hydroxyl groups excluding tert-OH is 1. The largest absolute Gasteiger partial charge is 0.388 e. The molecule has 0 radical (unpaired) electrons. The average molecular weight is 297 g/mol. The number of rotatable bonds is 3. The maximum Gasteiger partial charge on any atom is 0.0849 e. The van der Waals surface area contributed by atoms with Gasteiger partial charge in [0.1, 0.15) is 0 Å². The number of nitrogens with zero attached hydrogens (tertiary/aromatic N) is 2. The molecular weight excluding hydrogens is 283 g/mol. The summed E-state index contributed by atoms with van der Waals surface area (Å²) in [6, 6.07) is 7.11. The summed E-state index contributed by atoms with van der Waals surface area (Å²) in [6.45, 7) is 3.67. The third-order valence-electron chi connectivity index (χ3n) is 2.93. The van der Waals surface area contributed by atoms with Gasteiger partial charge in [-0.25, -0.2) is 0 Å². The van der Waals surface area contributed by atoms with E-state index in [1.807, 2.05) is 26.0 Å². The van der Waals surface area contributed by atoms with E-state index in [-0.39, 0.29) is 0 Å². The molecule has 1 aromatic carbocycles. The number of hydrogen-bond donors (Lipinski definition) is 1. The van der Waals surface area contributed by atoms with Crippen LogP contribution >= 0.6 is 23.2 Å². The standard InChI is InChI=1S/C14H14Cl2N2O/c1-8-5-12(9(2)18-17-8)14(19)6-10-3-4-11(15)7-13(10)16/h3-5,7,14,19H,6H2,1-2H3. The highest BCUT2D eigenvalue weighted by Crippen LogP contribution is 2.27. The fourth-order valence-electron chi connectivity index (χ4n) is 1.91. The molecule has 1 N–H and O–H groups in total. The van der Waals surface area contributed by atoms with E-state index in [9.17, 15) is 5.11 Å². The van der Waals surface area contributed by atoms with Crippen molar-refractivity contribution in [3.63, 3.8) is 0 Å². The average Bonchev–Trinajstić information content (AvgIpc) is 2.35. The zero-order valence-electron chi connectivity index (χ0n) is 10.7. The SMILES string of the molecule is Cc1cc(C(O)Cc2ccc(Cl)cc2Cl)c(C)nn1. The highest BCUT2D eigenvalue weighted by molar-refractivity contribution is 6.35. The molecule has 1 heterocycles. The van der Waals surface area contributed by atoms with Crippen LogP contribution in [0.15, 0.2) is 24.3 Å². The second-order valence-electron chi connectivity index (χ2n) is 4.48. The Hall–Kier alpha value is -1.16. The normalized spacial score (nSPS) is 12.5. The van der Waals surface area contributed by atoms with Gasteiger partial charge in [-0.05, 0) is 37.6 Å². The van der Waals surface area contributed by atoms with Crippen molar-refractivity contribution in [2.75, 3.05) is 0 Å². The Balaban J connectivity index is 2.25. The summed E-state index contributed by atoms with van der Waals surface area (Å²) in [5.74, 6) is 0. The van der Waals surface area contributed by atoms with Gasteiger partial charge in [0.15, 0.2) is 0 Å². The number of aryl methyl sites for hydroxylation is 2. The lowest BCUT2D eigenvalue weighted by Crippen LogP contribution is -2.07. The van der Waals surface area contributed by atoms with Gasteiger partial charge >= 0.3 is 0 Å². The molecule has 1 aromatic heterocycles. The molecule has 0 amide bonds. The summed E-state index contributed by atoms with van der Waals surface area (Å²) < 4.78 is 0. The molecule has 0 spiro atoms. The lowest BCUT2D eigenvalue weighted by molar-refractivity contribution is 0.177. The second kappa shape index (κ2) is 5.87. The first-order valence-electron chi connectivity index (χ1n) is 5.90. The topological polar surface area (TPSA) is 46.0 Å². The van der Waals surface area contributed by atoms with Gasteiger partial charge in [-0.15, -0.1) is 0 Å². The molecule has 0 fully saturated rings. The summed E-state index contributed by atoms with van der Waals surface area (Å²) in [4.78, 5) is 0. The van der Waals surface area contributed by atoms with Crippen LogP contribution in [0.5, 0.6) is 0 Å². The van der Waals surface area contributed by atoms with E-state index in [1.54, 1.807) is 12.1 Å². The first kappa shape index (κ1) is 14.3. The molecule has 0 aliphatic carbocycles. The molecular formula is C14H14Cl2N2O. The predicted molar refractivity (Wildman–Crippen MR) is 76.6 cm³/mol. The maximum atomic E-state index is 10.3. The van der Waals surface area contributed by atoms with Gasteiger partial charge in [0.25, 0.3) is 0 Å². The number of benzene rings is 1. The van der Waals surface area contributed by atoms with Crippen LogP contribution in [0.4, 0.5) is 0 Å². The number of hydrogen-bond acceptors (Lipinski definition) is 3. The molecule has 5 heteroatoms. The Morgan fingerprint density at radius 2 is 1.89 bits per heavy atom. The zero-order chi connectivity index (χ0) is 14.0. The number of aliphatic hydroxyl groups is 1. The van der Waals surface area contributed by atoms with Crippen molar-refractivity contribution in [2.24, 2.45) is 0 Å². The van der Waals surface area contributed by atoms with Crippen LogP contribution in [-0.2, 0) is 6.42 Å². The molecule has 1 unspecified atom stereocenters. The summed E-state index contributed by atoms with van der Waals surface area (Å²) in [5.41, 5.74) is 3.14. The van der Waals surface area contributed by atoms with Gasteiger partial charge in [0, 0.05) is 22.0 Å². The molecule has 3 nitrogen and oxygen atoms in total. The van der Waals surface area contributed by atoms with Crippen LogP contribution in [0.2, 0.25) is 10.0 Å². The van der Waals surface area contributed by atoms with Crippen molar-refractivity contribution in [3.8, 4) is 0 Å². The quantitative estimate of drug-likeness (QED) is 0.940. The van der Waals surface area contributed by atoms with Gasteiger partial charge in [0.05, 0.1) is 17.5 Å². The fraction of sp³-hybridized carbons (Fsp3) is 0.286. The smallest absolute Gasteiger partial charge is 0.0849 e. The fourth-order valence-corrected chi connectivity index (χ4v) is 2.40. The van der Waals surface area contributed by atoms with E-state index in [4.69, 9.17) is 23.2 Å². The van der Waals surface area contributed by atoms with Crippen molar-refractivity contribution in [1.29, 1.82) is 0 Å². The molecule has 0 bridgehead atoms. The molecule has 0 saturated carbocycles. The Morgan fingerprint density at radius 1 is 1.16 bits per heavy atom. The van der Waals surface area contributed by atoms with Crippen LogP contribution in [-0.4, -0.2) is 15.3 Å². The number of aromatic nitrogens is 2.